The minimum atomic E-state index is -0.317. The predicted molar refractivity (Wildman–Crippen MR) is 58.2 cm³/mol. The van der Waals surface area contributed by atoms with Gasteiger partial charge in [0.15, 0.2) is 0 Å². The van der Waals surface area contributed by atoms with Crippen LogP contribution in [0.5, 0.6) is 5.75 Å². The van der Waals surface area contributed by atoms with Crippen LogP contribution in [0.1, 0.15) is 44.7 Å². The molecule has 0 bridgehead atoms. The number of rotatable bonds is 1. The summed E-state index contributed by atoms with van der Waals surface area (Å²) in [5, 5.41) is 9.06. The Morgan fingerprint density at radius 3 is 2.07 bits per heavy atom. The lowest BCUT2D eigenvalue weighted by Crippen LogP contribution is -1.96. The van der Waals surface area contributed by atoms with Crippen LogP contribution in [0.4, 0.5) is 4.39 Å². The molecule has 0 aliphatic rings. The Bertz CT molecular complexity index is 269. The first-order valence-corrected chi connectivity index (χ1v) is 5.01. The summed E-state index contributed by atoms with van der Waals surface area (Å²) in [6.45, 7) is 9.67. The van der Waals surface area contributed by atoms with E-state index in [4.69, 9.17) is 5.11 Å². The van der Waals surface area contributed by atoms with Crippen LogP contribution in [0.2, 0.25) is 0 Å². The van der Waals surface area contributed by atoms with Crippen molar-refractivity contribution in [2.24, 2.45) is 0 Å². The Morgan fingerprint density at radius 1 is 1.21 bits per heavy atom. The molecule has 0 atom stereocenters. The van der Waals surface area contributed by atoms with E-state index in [0.29, 0.717) is 5.56 Å². The smallest absolute Gasteiger partial charge is 0.130 e. The zero-order valence-corrected chi connectivity index (χ0v) is 9.56. The van der Waals surface area contributed by atoms with Crippen LogP contribution in [0, 0.1) is 12.7 Å². The Hall–Kier alpha value is -1.05. The molecule has 0 radical (unpaired) electrons. The van der Waals surface area contributed by atoms with Gasteiger partial charge in [-0.25, -0.2) is 4.39 Å². The average Bonchev–Trinajstić information content (AvgIpc) is 2.04. The quantitative estimate of drug-likeness (QED) is 0.723. The van der Waals surface area contributed by atoms with Gasteiger partial charge in [-0.15, -0.1) is 0 Å². The largest absolute Gasteiger partial charge is 0.508 e. The van der Waals surface area contributed by atoms with Gasteiger partial charge in [0.1, 0.15) is 11.6 Å². The second-order valence-corrected chi connectivity index (χ2v) is 3.31. The molecule has 80 valence electrons. The number of aromatic hydroxyl groups is 1. The number of aryl methyl sites for hydroxylation is 1. The number of hydrogen-bond acceptors (Lipinski definition) is 1. The van der Waals surface area contributed by atoms with Crippen LogP contribution < -0.4 is 0 Å². The number of phenolic OH excluding ortho intramolecular Hbond substituents is 1. The zero-order chi connectivity index (χ0) is 11.3. The number of phenols is 1. The van der Waals surface area contributed by atoms with Crippen LogP contribution in [0.25, 0.3) is 0 Å². The third kappa shape index (κ3) is 3.02. The Labute approximate surface area is 85.6 Å². The molecule has 0 saturated carbocycles. The second kappa shape index (κ2) is 5.63. The fraction of sp³-hybridized carbons (Fsp3) is 0.500. The van der Waals surface area contributed by atoms with E-state index in [1.165, 1.54) is 0 Å². The maximum Gasteiger partial charge on any atom is 0.130 e. The van der Waals surface area contributed by atoms with E-state index in [0.717, 1.165) is 11.6 Å². The molecule has 0 saturated heterocycles. The molecule has 0 aliphatic heterocycles. The van der Waals surface area contributed by atoms with Crippen molar-refractivity contribution < 1.29 is 9.50 Å². The summed E-state index contributed by atoms with van der Waals surface area (Å²) in [7, 11) is 0. The van der Waals surface area contributed by atoms with Gasteiger partial charge in [-0.05, 0) is 30.0 Å². The third-order valence-electron chi connectivity index (χ3n) is 1.90. The minimum Gasteiger partial charge on any atom is -0.508 e. The highest BCUT2D eigenvalue weighted by molar-refractivity contribution is 5.36. The molecule has 1 nitrogen and oxygen atoms in total. The molecule has 0 amide bonds. The van der Waals surface area contributed by atoms with Crippen molar-refractivity contribution in [2.75, 3.05) is 0 Å². The number of benzene rings is 1. The van der Waals surface area contributed by atoms with E-state index in [9.17, 15) is 4.39 Å². The highest BCUT2D eigenvalue weighted by Crippen LogP contribution is 2.26. The molecule has 0 unspecified atom stereocenters. The summed E-state index contributed by atoms with van der Waals surface area (Å²) in [5.74, 6) is -0.164. The average molecular weight is 198 g/mol. The van der Waals surface area contributed by atoms with E-state index in [2.05, 4.69) is 0 Å². The highest BCUT2D eigenvalue weighted by Gasteiger charge is 2.10. The van der Waals surface area contributed by atoms with Gasteiger partial charge in [-0.2, -0.15) is 0 Å². The van der Waals surface area contributed by atoms with Crippen molar-refractivity contribution in [3.05, 3.63) is 29.1 Å². The summed E-state index contributed by atoms with van der Waals surface area (Å²) < 4.78 is 13.2. The zero-order valence-electron chi connectivity index (χ0n) is 9.56. The molecule has 0 fully saturated rings. The normalized spacial score (nSPS) is 9.64. The van der Waals surface area contributed by atoms with Gasteiger partial charge in [-0.1, -0.05) is 27.7 Å². The SMILES string of the molecule is CC.Cc1cc(O)cc(F)c1C(C)C. The maximum absolute atomic E-state index is 13.2. The van der Waals surface area contributed by atoms with Crippen molar-refractivity contribution >= 4 is 0 Å². The van der Waals surface area contributed by atoms with Crippen molar-refractivity contribution in [1.82, 2.24) is 0 Å². The van der Waals surface area contributed by atoms with Gasteiger partial charge < -0.3 is 5.11 Å². The summed E-state index contributed by atoms with van der Waals surface area (Å²) in [5.41, 5.74) is 1.50. The molecule has 0 aromatic heterocycles. The van der Waals surface area contributed by atoms with Gasteiger partial charge in [0, 0.05) is 6.07 Å². The lowest BCUT2D eigenvalue weighted by Gasteiger charge is -2.10. The van der Waals surface area contributed by atoms with Crippen LogP contribution in [-0.2, 0) is 0 Å². The molecule has 0 heterocycles. The van der Waals surface area contributed by atoms with Gasteiger partial charge in [0.05, 0.1) is 0 Å². The molecule has 2 heteroatoms. The molecule has 0 spiro atoms. The van der Waals surface area contributed by atoms with Crippen LogP contribution in [-0.4, -0.2) is 5.11 Å². The summed E-state index contributed by atoms with van der Waals surface area (Å²) in [4.78, 5) is 0. The molecule has 1 aromatic rings. The Balaban J connectivity index is 0.000000791. The lowest BCUT2D eigenvalue weighted by atomic mass is 9.97. The van der Waals surface area contributed by atoms with Crippen molar-refractivity contribution in [1.29, 1.82) is 0 Å². The first-order chi connectivity index (χ1) is 6.52. The standard InChI is InChI=1S/C10H13FO.C2H6/c1-6(2)10-7(3)4-8(12)5-9(10)11;1-2/h4-6,12H,1-3H3;1-2H3. The summed E-state index contributed by atoms with van der Waals surface area (Å²) in [6, 6.07) is 2.74. The fourth-order valence-electron chi connectivity index (χ4n) is 1.47. The maximum atomic E-state index is 13.2. The molecule has 1 rings (SSSR count). The van der Waals surface area contributed by atoms with Crippen molar-refractivity contribution in [3.8, 4) is 5.75 Å². The van der Waals surface area contributed by atoms with E-state index in [-0.39, 0.29) is 17.5 Å². The molecular formula is C12H19FO. The second-order valence-electron chi connectivity index (χ2n) is 3.31. The Kier molecular flexibility index (Phi) is 5.21. The fourth-order valence-corrected chi connectivity index (χ4v) is 1.47. The Morgan fingerprint density at radius 2 is 1.71 bits per heavy atom. The minimum absolute atomic E-state index is 0.00519. The monoisotopic (exact) mass is 198 g/mol. The van der Waals surface area contributed by atoms with Gasteiger partial charge in [0.2, 0.25) is 0 Å². The number of halogens is 1. The van der Waals surface area contributed by atoms with Crippen molar-refractivity contribution in [3.63, 3.8) is 0 Å². The lowest BCUT2D eigenvalue weighted by molar-refractivity contribution is 0.466. The van der Waals surface area contributed by atoms with Crippen LogP contribution in [0.3, 0.4) is 0 Å². The van der Waals surface area contributed by atoms with Gasteiger partial charge >= 0.3 is 0 Å². The van der Waals surface area contributed by atoms with E-state index in [1.54, 1.807) is 13.0 Å². The first-order valence-electron chi connectivity index (χ1n) is 5.01. The highest BCUT2D eigenvalue weighted by atomic mass is 19.1. The predicted octanol–water partition coefficient (Wildman–Crippen LogP) is 3.99. The number of hydrogen-bond donors (Lipinski definition) is 1. The van der Waals surface area contributed by atoms with Crippen LogP contribution in [0.15, 0.2) is 12.1 Å². The van der Waals surface area contributed by atoms with Gasteiger partial charge in [0.25, 0.3) is 0 Å². The van der Waals surface area contributed by atoms with Crippen LogP contribution >= 0.6 is 0 Å². The molecular weight excluding hydrogens is 179 g/mol. The van der Waals surface area contributed by atoms with Gasteiger partial charge in [-0.3, -0.25) is 0 Å². The molecule has 1 N–H and O–H groups in total. The van der Waals surface area contributed by atoms with E-state index < -0.39 is 0 Å². The summed E-state index contributed by atoms with van der Waals surface area (Å²) >= 11 is 0. The molecule has 14 heavy (non-hydrogen) atoms. The van der Waals surface area contributed by atoms with Crippen molar-refractivity contribution in [2.45, 2.75) is 40.5 Å². The van der Waals surface area contributed by atoms with E-state index >= 15 is 0 Å². The first kappa shape index (κ1) is 12.9. The van der Waals surface area contributed by atoms with E-state index in [1.807, 2.05) is 27.7 Å². The third-order valence-corrected chi connectivity index (χ3v) is 1.90. The topological polar surface area (TPSA) is 20.2 Å². The summed E-state index contributed by atoms with van der Waals surface area (Å²) in [6.07, 6.45) is 0. The molecule has 1 aromatic carbocycles. The molecule has 0 aliphatic carbocycles.